The van der Waals surface area contributed by atoms with Gasteiger partial charge >= 0.3 is 0 Å². The number of hydrogen-bond acceptors (Lipinski definition) is 4. The number of rotatable bonds is 3. The highest BCUT2D eigenvalue weighted by atomic mass is 16.5. The summed E-state index contributed by atoms with van der Waals surface area (Å²) in [6.07, 6.45) is 0. The van der Waals surface area contributed by atoms with Gasteiger partial charge in [-0.2, -0.15) is 0 Å². The minimum Gasteiger partial charge on any atom is -0.379 e. The quantitative estimate of drug-likeness (QED) is 0.917. The van der Waals surface area contributed by atoms with Crippen LogP contribution in [0.2, 0.25) is 0 Å². The number of nitrogens with one attached hydrogen (secondary N) is 1. The number of nitrogens with zero attached hydrogens (tertiary/aromatic N) is 2. The number of para-hydroxylation sites is 2. The number of carbonyl (C=O) groups excluding carboxylic acids is 1. The first-order valence-electron chi connectivity index (χ1n) is 7.57. The van der Waals surface area contributed by atoms with Gasteiger partial charge in [0.05, 0.1) is 24.6 Å². The normalized spacial score (nSPS) is 21.8. The van der Waals surface area contributed by atoms with Crippen molar-refractivity contribution in [1.82, 2.24) is 4.90 Å². The Labute approximate surface area is 125 Å². The first kappa shape index (κ1) is 14.4. The molecule has 0 radical (unpaired) electrons. The summed E-state index contributed by atoms with van der Waals surface area (Å²) < 4.78 is 5.37. The number of amides is 1. The molecule has 1 N–H and O–H groups in total. The number of benzene rings is 1. The Balaban J connectivity index is 1.77. The molecule has 0 aliphatic carbocycles. The fourth-order valence-corrected chi connectivity index (χ4v) is 2.94. The highest BCUT2D eigenvalue weighted by Crippen LogP contribution is 2.34. The molecule has 0 bridgehead atoms. The second-order valence-corrected chi connectivity index (χ2v) is 6.18. The van der Waals surface area contributed by atoms with Crippen molar-refractivity contribution in [3.63, 3.8) is 0 Å². The third kappa shape index (κ3) is 2.89. The van der Waals surface area contributed by atoms with Gasteiger partial charge in [0.25, 0.3) is 5.91 Å². The number of morpholine rings is 1. The summed E-state index contributed by atoms with van der Waals surface area (Å²) in [5.41, 5.74) is 1.46. The predicted molar refractivity (Wildman–Crippen MR) is 83.8 cm³/mol. The second-order valence-electron chi connectivity index (χ2n) is 6.18. The van der Waals surface area contributed by atoms with Crippen LogP contribution in [-0.4, -0.2) is 55.7 Å². The Morgan fingerprint density at radius 1 is 1.19 bits per heavy atom. The molecular formula is C16H23N3O2. The van der Waals surface area contributed by atoms with Crippen LogP contribution in [0.15, 0.2) is 24.3 Å². The van der Waals surface area contributed by atoms with E-state index in [-0.39, 0.29) is 5.91 Å². The third-order valence-electron chi connectivity index (χ3n) is 4.17. The van der Waals surface area contributed by atoms with Crippen LogP contribution in [0.25, 0.3) is 0 Å². The lowest BCUT2D eigenvalue weighted by Crippen LogP contribution is -2.55. The van der Waals surface area contributed by atoms with Crippen LogP contribution in [0.3, 0.4) is 0 Å². The van der Waals surface area contributed by atoms with Crippen molar-refractivity contribution < 1.29 is 9.53 Å². The van der Waals surface area contributed by atoms with E-state index < -0.39 is 5.54 Å². The molecule has 1 saturated heterocycles. The van der Waals surface area contributed by atoms with Crippen molar-refractivity contribution in [2.75, 3.05) is 49.6 Å². The summed E-state index contributed by atoms with van der Waals surface area (Å²) in [4.78, 5) is 17.0. The molecule has 114 valence electrons. The molecule has 1 aromatic carbocycles. The van der Waals surface area contributed by atoms with Crippen molar-refractivity contribution in [3.05, 3.63) is 24.3 Å². The van der Waals surface area contributed by atoms with Gasteiger partial charge in [-0.1, -0.05) is 12.1 Å². The zero-order valence-electron chi connectivity index (χ0n) is 12.8. The lowest BCUT2D eigenvalue weighted by molar-refractivity contribution is -0.122. The maximum Gasteiger partial charge on any atom is 0.252 e. The second kappa shape index (κ2) is 5.66. The number of hydrogen-bond donors (Lipinski definition) is 1. The number of ether oxygens (including phenoxy) is 1. The average Bonchev–Trinajstić information content (AvgIpc) is 2.48. The topological polar surface area (TPSA) is 44.8 Å². The summed E-state index contributed by atoms with van der Waals surface area (Å²) in [6.45, 7) is 8.96. The smallest absolute Gasteiger partial charge is 0.252 e. The lowest BCUT2D eigenvalue weighted by Gasteiger charge is -2.40. The first-order valence-corrected chi connectivity index (χ1v) is 7.57. The molecule has 0 spiro atoms. The Hall–Kier alpha value is -1.59. The van der Waals surface area contributed by atoms with Gasteiger partial charge in [0.15, 0.2) is 0 Å². The number of carbonyl (C=O) groups is 1. The molecule has 0 saturated carbocycles. The number of fused-ring (bicyclic) bond motifs is 1. The van der Waals surface area contributed by atoms with Crippen molar-refractivity contribution >= 4 is 17.3 Å². The molecule has 21 heavy (non-hydrogen) atoms. The Kier molecular flexibility index (Phi) is 3.87. The van der Waals surface area contributed by atoms with Crippen LogP contribution < -0.4 is 10.2 Å². The SMILES string of the molecule is CC1(C)Nc2ccccc2N(CCN2CCOCC2)C1=O. The largest absolute Gasteiger partial charge is 0.379 e. The Morgan fingerprint density at radius 2 is 1.90 bits per heavy atom. The van der Waals surface area contributed by atoms with Crippen LogP contribution in [0.1, 0.15) is 13.8 Å². The molecule has 5 nitrogen and oxygen atoms in total. The summed E-state index contributed by atoms with van der Waals surface area (Å²) in [5.74, 6) is 0.134. The third-order valence-corrected chi connectivity index (χ3v) is 4.17. The van der Waals surface area contributed by atoms with E-state index in [2.05, 4.69) is 10.2 Å². The van der Waals surface area contributed by atoms with E-state index in [0.717, 1.165) is 50.8 Å². The van der Waals surface area contributed by atoms with Gasteiger partial charge in [0.2, 0.25) is 0 Å². The molecule has 2 aliphatic heterocycles. The lowest BCUT2D eigenvalue weighted by atomic mass is 9.98. The molecule has 0 atom stereocenters. The van der Waals surface area contributed by atoms with Crippen molar-refractivity contribution in [1.29, 1.82) is 0 Å². The van der Waals surface area contributed by atoms with Crippen molar-refractivity contribution in [2.24, 2.45) is 0 Å². The Bertz CT molecular complexity index is 524. The van der Waals surface area contributed by atoms with Gasteiger partial charge in [0.1, 0.15) is 5.54 Å². The summed E-state index contributed by atoms with van der Waals surface area (Å²) in [5, 5.41) is 3.33. The molecule has 5 heteroatoms. The van der Waals surface area contributed by atoms with Crippen LogP contribution in [-0.2, 0) is 9.53 Å². The zero-order valence-corrected chi connectivity index (χ0v) is 12.8. The van der Waals surface area contributed by atoms with E-state index in [4.69, 9.17) is 4.74 Å². The Morgan fingerprint density at radius 3 is 2.67 bits per heavy atom. The zero-order chi connectivity index (χ0) is 14.9. The molecule has 0 aromatic heterocycles. The molecule has 1 fully saturated rings. The van der Waals surface area contributed by atoms with Gasteiger partial charge in [-0.05, 0) is 26.0 Å². The highest BCUT2D eigenvalue weighted by molar-refractivity contribution is 6.07. The molecule has 2 aliphatic rings. The minimum atomic E-state index is -0.556. The molecule has 3 rings (SSSR count). The summed E-state index contributed by atoms with van der Waals surface area (Å²) in [7, 11) is 0. The molecular weight excluding hydrogens is 266 g/mol. The van der Waals surface area contributed by atoms with E-state index in [0.29, 0.717) is 0 Å². The van der Waals surface area contributed by atoms with E-state index in [1.165, 1.54) is 0 Å². The number of anilines is 2. The monoisotopic (exact) mass is 289 g/mol. The predicted octanol–water partition coefficient (Wildman–Crippen LogP) is 1.56. The van der Waals surface area contributed by atoms with Gasteiger partial charge in [-0.25, -0.2) is 0 Å². The van der Waals surface area contributed by atoms with Crippen LogP contribution >= 0.6 is 0 Å². The van der Waals surface area contributed by atoms with E-state index in [1.54, 1.807) is 0 Å². The van der Waals surface area contributed by atoms with E-state index >= 15 is 0 Å². The maximum absolute atomic E-state index is 12.7. The van der Waals surface area contributed by atoms with E-state index in [1.807, 2.05) is 43.0 Å². The van der Waals surface area contributed by atoms with Crippen LogP contribution in [0.4, 0.5) is 11.4 Å². The minimum absolute atomic E-state index is 0.134. The van der Waals surface area contributed by atoms with Crippen LogP contribution in [0.5, 0.6) is 0 Å². The average molecular weight is 289 g/mol. The first-order chi connectivity index (χ1) is 10.1. The van der Waals surface area contributed by atoms with Gasteiger partial charge in [0, 0.05) is 26.2 Å². The molecule has 0 unspecified atom stereocenters. The summed E-state index contributed by atoms with van der Waals surface area (Å²) >= 11 is 0. The molecule has 1 amide bonds. The highest BCUT2D eigenvalue weighted by Gasteiger charge is 2.38. The maximum atomic E-state index is 12.7. The standard InChI is InChI=1S/C16H23N3O2/c1-16(2)15(20)19(8-7-18-9-11-21-12-10-18)14-6-4-3-5-13(14)17-16/h3-6,17H,7-12H2,1-2H3. The van der Waals surface area contributed by atoms with Gasteiger partial charge in [-0.3, -0.25) is 9.69 Å². The summed E-state index contributed by atoms with van der Waals surface area (Å²) in [6, 6.07) is 8.02. The fourth-order valence-electron chi connectivity index (χ4n) is 2.94. The van der Waals surface area contributed by atoms with Crippen molar-refractivity contribution in [2.45, 2.75) is 19.4 Å². The fraction of sp³-hybridized carbons (Fsp3) is 0.562. The van der Waals surface area contributed by atoms with Crippen LogP contribution in [0, 0.1) is 0 Å². The van der Waals surface area contributed by atoms with Gasteiger partial charge in [-0.15, -0.1) is 0 Å². The van der Waals surface area contributed by atoms with E-state index in [9.17, 15) is 4.79 Å². The van der Waals surface area contributed by atoms with Crippen molar-refractivity contribution in [3.8, 4) is 0 Å². The van der Waals surface area contributed by atoms with Gasteiger partial charge < -0.3 is 15.0 Å². The molecule has 1 aromatic rings. The molecule has 2 heterocycles.